The first-order chi connectivity index (χ1) is 8.38. The lowest BCUT2D eigenvalue weighted by atomic mass is 9.74. The lowest BCUT2D eigenvalue weighted by molar-refractivity contribution is 0.120. The van der Waals surface area contributed by atoms with Gasteiger partial charge in [0.15, 0.2) is 0 Å². The van der Waals surface area contributed by atoms with E-state index in [9.17, 15) is 8.42 Å². The molecule has 2 aliphatic heterocycles. The van der Waals surface area contributed by atoms with Crippen molar-refractivity contribution in [2.24, 2.45) is 5.41 Å². The van der Waals surface area contributed by atoms with Crippen molar-refractivity contribution in [1.82, 2.24) is 15.3 Å². The second kappa shape index (κ2) is 3.79. The monoisotopic (exact) mass is 288 g/mol. The Morgan fingerprint density at radius 1 is 1.39 bits per heavy atom. The van der Waals surface area contributed by atoms with Gasteiger partial charge in [-0.05, 0) is 0 Å². The molecule has 0 radical (unpaired) electrons. The zero-order valence-corrected chi connectivity index (χ0v) is 11.4. The lowest BCUT2D eigenvalue weighted by Gasteiger charge is -2.56. The smallest absolute Gasteiger partial charge is 0.250 e. The summed E-state index contributed by atoms with van der Waals surface area (Å²) in [5, 5.41) is 3.19. The lowest BCUT2D eigenvalue weighted by Crippen LogP contribution is -2.71. The average Bonchev–Trinajstić information content (AvgIpc) is 2.10. The van der Waals surface area contributed by atoms with Crippen LogP contribution in [0.5, 0.6) is 0 Å². The van der Waals surface area contributed by atoms with Crippen LogP contribution in [0.4, 0.5) is 5.82 Å². The number of rotatable bonds is 2. The predicted molar refractivity (Wildman–Crippen MR) is 67.7 cm³/mol. The summed E-state index contributed by atoms with van der Waals surface area (Å²) in [7, 11) is -3.43. The molecule has 1 N–H and O–H groups in total. The second-order valence-electron chi connectivity index (χ2n) is 5.06. The third kappa shape index (κ3) is 1.96. The Hall–Kier alpha value is -0.920. The Balaban J connectivity index is 1.87. The Morgan fingerprint density at radius 3 is 2.56 bits per heavy atom. The zero-order chi connectivity index (χ0) is 13.0. The van der Waals surface area contributed by atoms with Crippen molar-refractivity contribution in [1.29, 1.82) is 0 Å². The summed E-state index contributed by atoms with van der Waals surface area (Å²) in [4.78, 5) is 9.85. The van der Waals surface area contributed by atoms with Crippen molar-refractivity contribution in [2.45, 2.75) is 5.16 Å². The molecule has 3 heterocycles. The Labute approximate surface area is 110 Å². The van der Waals surface area contributed by atoms with E-state index in [0.717, 1.165) is 32.4 Å². The minimum atomic E-state index is -3.43. The number of hydrogen-bond acceptors (Lipinski definition) is 6. The van der Waals surface area contributed by atoms with Crippen LogP contribution in [0.2, 0.25) is 5.15 Å². The largest absolute Gasteiger partial charge is 0.355 e. The van der Waals surface area contributed by atoms with Crippen LogP contribution in [-0.4, -0.2) is 50.8 Å². The van der Waals surface area contributed by atoms with Gasteiger partial charge in [-0.25, -0.2) is 18.4 Å². The molecule has 2 saturated heterocycles. The fourth-order valence-electron chi connectivity index (χ4n) is 2.34. The van der Waals surface area contributed by atoms with Crippen LogP contribution >= 0.6 is 11.6 Å². The van der Waals surface area contributed by atoms with Gasteiger partial charge in [0, 0.05) is 43.9 Å². The van der Waals surface area contributed by atoms with Crippen LogP contribution in [-0.2, 0) is 9.84 Å². The van der Waals surface area contributed by atoms with E-state index in [1.54, 1.807) is 6.07 Å². The van der Waals surface area contributed by atoms with Gasteiger partial charge in [-0.2, -0.15) is 0 Å². The van der Waals surface area contributed by atoms with Gasteiger partial charge < -0.3 is 10.2 Å². The Bertz CT molecular complexity index is 592. The molecule has 1 aromatic heterocycles. The molecule has 18 heavy (non-hydrogen) atoms. The molecule has 3 rings (SSSR count). The fraction of sp³-hybridized carbons (Fsp3) is 0.600. The summed E-state index contributed by atoms with van der Waals surface area (Å²) >= 11 is 5.85. The Morgan fingerprint density at radius 2 is 2.06 bits per heavy atom. The first kappa shape index (κ1) is 12.1. The minimum Gasteiger partial charge on any atom is -0.355 e. The molecule has 1 aromatic rings. The van der Waals surface area contributed by atoms with E-state index in [4.69, 9.17) is 11.6 Å². The maximum absolute atomic E-state index is 11.4. The molecule has 0 bridgehead atoms. The molecule has 2 aliphatic rings. The van der Waals surface area contributed by atoms with Crippen molar-refractivity contribution in [3.05, 3.63) is 11.2 Å². The van der Waals surface area contributed by atoms with E-state index in [1.807, 2.05) is 4.90 Å². The fourth-order valence-corrected chi connectivity index (χ4v) is 3.09. The van der Waals surface area contributed by atoms with Crippen molar-refractivity contribution in [3.63, 3.8) is 0 Å². The first-order valence-corrected chi connectivity index (χ1v) is 7.85. The second-order valence-corrected chi connectivity index (χ2v) is 7.36. The normalized spacial score (nSPS) is 21.6. The van der Waals surface area contributed by atoms with Gasteiger partial charge in [0.05, 0.1) is 0 Å². The highest BCUT2D eigenvalue weighted by Gasteiger charge is 2.48. The minimum absolute atomic E-state index is 0.160. The van der Waals surface area contributed by atoms with Crippen molar-refractivity contribution < 1.29 is 8.42 Å². The van der Waals surface area contributed by atoms with Crippen molar-refractivity contribution in [2.75, 3.05) is 37.3 Å². The van der Waals surface area contributed by atoms with Crippen LogP contribution in [0.3, 0.4) is 0 Å². The van der Waals surface area contributed by atoms with E-state index >= 15 is 0 Å². The summed E-state index contributed by atoms with van der Waals surface area (Å²) in [6, 6.07) is 1.61. The van der Waals surface area contributed by atoms with E-state index in [1.165, 1.54) is 0 Å². The van der Waals surface area contributed by atoms with Crippen LogP contribution in [0.25, 0.3) is 0 Å². The first-order valence-electron chi connectivity index (χ1n) is 5.58. The number of sulfone groups is 1. The molecule has 0 aromatic carbocycles. The molecular weight excluding hydrogens is 276 g/mol. The molecule has 0 atom stereocenters. The summed E-state index contributed by atoms with van der Waals surface area (Å²) < 4.78 is 22.9. The van der Waals surface area contributed by atoms with Gasteiger partial charge >= 0.3 is 0 Å². The molecule has 0 unspecified atom stereocenters. The highest BCUT2D eigenvalue weighted by atomic mass is 35.5. The van der Waals surface area contributed by atoms with Gasteiger partial charge in [0.1, 0.15) is 11.0 Å². The summed E-state index contributed by atoms with van der Waals surface area (Å²) in [6.07, 6.45) is 1.08. The number of aromatic nitrogens is 2. The molecule has 6 nitrogen and oxygen atoms in total. The van der Waals surface area contributed by atoms with Gasteiger partial charge in [-0.15, -0.1) is 0 Å². The van der Waals surface area contributed by atoms with E-state index in [-0.39, 0.29) is 10.3 Å². The SMILES string of the molecule is CS(=O)(=O)c1nc(Cl)cc(N2CC3(CNC3)C2)n1. The third-order valence-corrected chi connectivity index (χ3v) is 4.41. The molecule has 0 aliphatic carbocycles. The summed E-state index contributed by atoms with van der Waals surface area (Å²) in [6.45, 7) is 3.80. The number of nitrogens with zero attached hydrogens (tertiary/aromatic N) is 3. The highest BCUT2D eigenvalue weighted by Crippen LogP contribution is 2.37. The highest BCUT2D eigenvalue weighted by molar-refractivity contribution is 7.90. The summed E-state index contributed by atoms with van der Waals surface area (Å²) in [5.41, 5.74) is 0.350. The molecule has 0 amide bonds. The molecule has 8 heteroatoms. The predicted octanol–water partition coefficient (Wildman–Crippen LogP) is -0.0569. The van der Waals surface area contributed by atoms with Gasteiger partial charge in [-0.3, -0.25) is 0 Å². The average molecular weight is 289 g/mol. The van der Waals surface area contributed by atoms with Gasteiger partial charge in [0.25, 0.3) is 0 Å². The molecule has 0 saturated carbocycles. The van der Waals surface area contributed by atoms with Gasteiger partial charge in [0.2, 0.25) is 15.0 Å². The van der Waals surface area contributed by atoms with Crippen LogP contribution < -0.4 is 10.2 Å². The van der Waals surface area contributed by atoms with E-state index < -0.39 is 9.84 Å². The van der Waals surface area contributed by atoms with Crippen molar-refractivity contribution >= 4 is 27.3 Å². The van der Waals surface area contributed by atoms with Crippen LogP contribution in [0, 0.1) is 5.41 Å². The molecule has 2 fully saturated rings. The molecule has 1 spiro atoms. The summed E-state index contributed by atoms with van der Waals surface area (Å²) in [5.74, 6) is 0.591. The maximum Gasteiger partial charge on any atom is 0.250 e. The molecular formula is C10H13ClN4O2S. The van der Waals surface area contributed by atoms with E-state index in [2.05, 4.69) is 15.3 Å². The zero-order valence-electron chi connectivity index (χ0n) is 9.85. The molecule has 98 valence electrons. The van der Waals surface area contributed by atoms with Crippen LogP contribution in [0.15, 0.2) is 11.2 Å². The van der Waals surface area contributed by atoms with E-state index in [0.29, 0.717) is 11.2 Å². The quantitative estimate of drug-likeness (QED) is 0.607. The maximum atomic E-state index is 11.4. The topological polar surface area (TPSA) is 75.2 Å². The van der Waals surface area contributed by atoms with Crippen LogP contribution in [0.1, 0.15) is 0 Å². The van der Waals surface area contributed by atoms with Crippen molar-refractivity contribution in [3.8, 4) is 0 Å². The standard InChI is InChI=1S/C10H13ClN4O2S/c1-18(16,17)9-13-7(11)2-8(14-9)15-5-10(6-15)3-12-4-10/h2,12H,3-6H2,1H3. The number of hydrogen-bond donors (Lipinski definition) is 1. The number of anilines is 1. The van der Waals surface area contributed by atoms with Gasteiger partial charge in [-0.1, -0.05) is 11.6 Å². The number of nitrogens with one attached hydrogen (secondary N) is 1. The number of halogens is 1. The third-order valence-electron chi connectivity index (χ3n) is 3.37. The Kier molecular flexibility index (Phi) is 2.55.